The SMILES string of the molecule is CCNCc1cc(OC)ccc1OCc1nncn1C. The molecule has 1 aromatic carbocycles. The molecule has 0 atom stereocenters. The Balaban J connectivity index is 2.11. The van der Waals surface area contributed by atoms with Crippen LogP contribution >= 0.6 is 0 Å². The lowest BCUT2D eigenvalue weighted by atomic mass is 10.2. The van der Waals surface area contributed by atoms with Crippen LogP contribution in [0.5, 0.6) is 11.5 Å². The van der Waals surface area contributed by atoms with Gasteiger partial charge >= 0.3 is 0 Å². The molecule has 0 aliphatic heterocycles. The first-order valence-electron chi connectivity index (χ1n) is 6.58. The molecule has 2 rings (SSSR count). The average Bonchev–Trinajstić information content (AvgIpc) is 2.88. The van der Waals surface area contributed by atoms with E-state index in [4.69, 9.17) is 9.47 Å². The summed E-state index contributed by atoms with van der Waals surface area (Å²) in [4.78, 5) is 0. The summed E-state index contributed by atoms with van der Waals surface area (Å²) < 4.78 is 12.9. The Labute approximate surface area is 118 Å². The maximum atomic E-state index is 5.84. The molecular weight excluding hydrogens is 256 g/mol. The van der Waals surface area contributed by atoms with Crippen molar-refractivity contribution in [3.63, 3.8) is 0 Å². The van der Waals surface area contributed by atoms with Crippen LogP contribution in [0.25, 0.3) is 0 Å². The third-order valence-corrected chi connectivity index (χ3v) is 3.00. The third-order valence-electron chi connectivity index (χ3n) is 3.00. The molecule has 1 heterocycles. The molecule has 1 aromatic heterocycles. The molecule has 0 unspecified atom stereocenters. The number of aromatic nitrogens is 3. The zero-order valence-corrected chi connectivity index (χ0v) is 12.1. The van der Waals surface area contributed by atoms with Crippen LogP contribution in [0.3, 0.4) is 0 Å². The highest BCUT2D eigenvalue weighted by Gasteiger charge is 2.08. The van der Waals surface area contributed by atoms with Crippen LogP contribution in [0.1, 0.15) is 18.3 Å². The lowest BCUT2D eigenvalue weighted by Gasteiger charge is -2.13. The second kappa shape index (κ2) is 6.91. The Morgan fingerprint density at radius 2 is 2.20 bits per heavy atom. The number of methoxy groups -OCH3 is 1. The van der Waals surface area contributed by atoms with Crippen LogP contribution in [0.4, 0.5) is 0 Å². The molecule has 1 N–H and O–H groups in total. The molecule has 6 heteroatoms. The summed E-state index contributed by atoms with van der Waals surface area (Å²) in [5.74, 6) is 2.44. The lowest BCUT2D eigenvalue weighted by Crippen LogP contribution is -2.13. The number of nitrogens with zero attached hydrogens (tertiary/aromatic N) is 3. The second-order valence-corrected chi connectivity index (χ2v) is 4.40. The molecule has 0 aliphatic rings. The Kier molecular flexibility index (Phi) is 4.95. The molecule has 2 aromatic rings. The minimum absolute atomic E-state index is 0.391. The number of aryl methyl sites for hydroxylation is 1. The molecule has 0 radical (unpaired) electrons. The Morgan fingerprint density at radius 1 is 1.35 bits per heavy atom. The highest BCUT2D eigenvalue weighted by atomic mass is 16.5. The first-order chi connectivity index (χ1) is 9.74. The minimum Gasteiger partial charge on any atom is -0.497 e. The van der Waals surface area contributed by atoms with E-state index >= 15 is 0 Å². The van der Waals surface area contributed by atoms with Gasteiger partial charge in [0.05, 0.1) is 7.11 Å². The van der Waals surface area contributed by atoms with Gasteiger partial charge in [-0.2, -0.15) is 0 Å². The number of hydrogen-bond acceptors (Lipinski definition) is 5. The first-order valence-corrected chi connectivity index (χ1v) is 6.58. The minimum atomic E-state index is 0.391. The van der Waals surface area contributed by atoms with Crippen molar-refractivity contribution in [3.05, 3.63) is 35.9 Å². The molecule has 20 heavy (non-hydrogen) atoms. The van der Waals surface area contributed by atoms with Gasteiger partial charge in [0.25, 0.3) is 0 Å². The van der Waals surface area contributed by atoms with Crippen molar-refractivity contribution in [2.75, 3.05) is 13.7 Å². The van der Waals surface area contributed by atoms with Crippen LogP contribution in [0.2, 0.25) is 0 Å². The molecule has 0 spiro atoms. The Bertz CT molecular complexity index is 554. The van der Waals surface area contributed by atoms with E-state index in [-0.39, 0.29) is 0 Å². The summed E-state index contributed by atoms with van der Waals surface area (Å²) in [6, 6.07) is 5.79. The van der Waals surface area contributed by atoms with E-state index < -0.39 is 0 Å². The molecule has 0 saturated carbocycles. The van der Waals surface area contributed by atoms with Crippen LogP contribution in [-0.2, 0) is 20.2 Å². The molecule has 0 amide bonds. The Hall–Kier alpha value is -2.08. The van der Waals surface area contributed by atoms with Gasteiger partial charge in [-0.3, -0.25) is 0 Å². The van der Waals surface area contributed by atoms with Gasteiger partial charge in [-0.25, -0.2) is 0 Å². The largest absolute Gasteiger partial charge is 0.497 e. The van der Waals surface area contributed by atoms with Crippen molar-refractivity contribution >= 4 is 0 Å². The molecule has 0 aliphatic carbocycles. The van der Waals surface area contributed by atoms with Gasteiger partial charge < -0.3 is 19.4 Å². The third kappa shape index (κ3) is 3.48. The maximum Gasteiger partial charge on any atom is 0.170 e. The number of ether oxygens (including phenoxy) is 2. The number of nitrogens with one attached hydrogen (secondary N) is 1. The van der Waals surface area contributed by atoms with Gasteiger partial charge in [0.2, 0.25) is 0 Å². The number of benzene rings is 1. The summed E-state index contributed by atoms with van der Waals surface area (Å²) >= 11 is 0. The van der Waals surface area contributed by atoms with Crippen LogP contribution in [0, 0.1) is 0 Å². The van der Waals surface area contributed by atoms with Gasteiger partial charge in [-0.05, 0) is 24.7 Å². The second-order valence-electron chi connectivity index (χ2n) is 4.40. The van der Waals surface area contributed by atoms with Crippen molar-refractivity contribution in [1.82, 2.24) is 20.1 Å². The van der Waals surface area contributed by atoms with Gasteiger partial charge in [-0.1, -0.05) is 6.92 Å². The predicted molar refractivity (Wildman–Crippen MR) is 75.7 cm³/mol. The zero-order chi connectivity index (χ0) is 14.4. The highest BCUT2D eigenvalue weighted by Crippen LogP contribution is 2.24. The summed E-state index contributed by atoms with van der Waals surface area (Å²) in [5, 5.41) is 11.1. The quantitative estimate of drug-likeness (QED) is 0.830. The smallest absolute Gasteiger partial charge is 0.170 e. The van der Waals surface area contributed by atoms with E-state index in [2.05, 4.69) is 22.4 Å². The fraction of sp³-hybridized carbons (Fsp3) is 0.429. The zero-order valence-electron chi connectivity index (χ0n) is 12.1. The standard InChI is InChI=1S/C14H20N4O2/c1-4-15-8-11-7-12(19-3)5-6-13(11)20-9-14-17-16-10-18(14)2/h5-7,10,15H,4,8-9H2,1-3H3. The fourth-order valence-electron chi connectivity index (χ4n) is 1.80. The van der Waals surface area contributed by atoms with Gasteiger partial charge in [0, 0.05) is 19.2 Å². The van der Waals surface area contributed by atoms with Crippen molar-refractivity contribution < 1.29 is 9.47 Å². The maximum absolute atomic E-state index is 5.84. The van der Waals surface area contributed by atoms with E-state index in [9.17, 15) is 0 Å². The van der Waals surface area contributed by atoms with Gasteiger partial charge in [0.1, 0.15) is 24.4 Å². The molecule has 6 nitrogen and oxygen atoms in total. The molecule has 108 valence electrons. The lowest BCUT2D eigenvalue weighted by molar-refractivity contribution is 0.287. The summed E-state index contributed by atoms with van der Waals surface area (Å²) in [5.41, 5.74) is 1.06. The predicted octanol–water partition coefficient (Wildman–Crippen LogP) is 1.51. The van der Waals surface area contributed by atoms with E-state index in [0.717, 1.165) is 36.0 Å². The van der Waals surface area contributed by atoms with Crippen LogP contribution in [-0.4, -0.2) is 28.4 Å². The van der Waals surface area contributed by atoms with Crippen molar-refractivity contribution in [2.24, 2.45) is 7.05 Å². The fourth-order valence-corrected chi connectivity index (χ4v) is 1.80. The number of rotatable bonds is 7. The molecule has 0 fully saturated rings. The van der Waals surface area contributed by atoms with E-state index in [1.54, 1.807) is 13.4 Å². The van der Waals surface area contributed by atoms with Crippen molar-refractivity contribution in [3.8, 4) is 11.5 Å². The Morgan fingerprint density at radius 3 is 2.85 bits per heavy atom. The van der Waals surface area contributed by atoms with Crippen molar-refractivity contribution in [2.45, 2.75) is 20.1 Å². The monoisotopic (exact) mass is 276 g/mol. The van der Waals surface area contributed by atoms with Crippen LogP contribution < -0.4 is 14.8 Å². The summed E-state index contributed by atoms with van der Waals surface area (Å²) in [6.45, 7) is 4.10. The van der Waals surface area contributed by atoms with E-state index in [1.165, 1.54) is 0 Å². The van der Waals surface area contributed by atoms with E-state index in [0.29, 0.717) is 6.61 Å². The van der Waals surface area contributed by atoms with Gasteiger partial charge in [-0.15, -0.1) is 10.2 Å². The van der Waals surface area contributed by atoms with Crippen LogP contribution in [0.15, 0.2) is 24.5 Å². The molecule has 0 bridgehead atoms. The summed E-state index contributed by atoms with van der Waals surface area (Å²) in [6.07, 6.45) is 1.66. The molecular formula is C14H20N4O2. The topological polar surface area (TPSA) is 61.2 Å². The van der Waals surface area contributed by atoms with Crippen molar-refractivity contribution in [1.29, 1.82) is 0 Å². The van der Waals surface area contributed by atoms with E-state index in [1.807, 2.05) is 29.8 Å². The first kappa shape index (κ1) is 14.3. The summed E-state index contributed by atoms with van der Waals surface area (Å²) in [7, 11) is 3.55. The number of hydrogen-bond donors (Lipinski definition) is 1. The highest BCUT2D eigenvalue weighted by molar-refractivity contribution is 5.40. The molecule has 0 saturated heterocycles. The normalized spacial score (nSPS) is 10.6. The van der Waals surface area contributed by atoms with Gasteiger partial charge in [0.15, 0.2) is 5.82 Å². The average molecular weight is 276 g/mol.